The molecule has 3 rings (SSSR count). The Labute approximate surface area is 137 Å². The third kappa shape index (κ3) is 3.50. The molecule has 0 N–H and O–H groups in total. The van der Waals surface area contributed by atoms with E-state index in [0.29, 0.717) is 11.8 Å². The van der Waals surface area contributed by atoms with Gasteiger partial charge in [-0.15, -0.1) is 10.2 Å². The molecule has 4 nitrogen and oxygen atoms in total. The van der Waals surface area contributed by atoms with Crippen LogP contribution < -0.4 is 0 Å². The Bertz CT molecular complexity index is 617. The van der Waals surface area contributed by atoms with Crippen LogP contribution in [0.25, 0.3) is 0 Å². The standard InChI is InChI=1S/C17H23ClN4/c1-13(15-4-3-5-16(18)10-15)11-22-8-6-14(7-9-22)17-20-19-12-21(17)2/h3-5,10,12-14H,6-9,11H2,1-2H3. The molecule has 2 heterocycles. The van der Waals surface area contributed by atoms with Crippen LogP contribution in [0.3, 0.4) is 0 Å². The Morgan fingerprint density at radius 2 is 2.09 bits per heavy atom. The van der Waals surface area contributed by atoms with Crippen LogP contribution in [0, 0.1) is 0 Å². The summed E-state index contributed by atoms with van der Waals surface area (Å²) in [5.41, 5.74) is 1.32. The molecule has 5 heteroatoms. The molecule has 0 aliphatic carbocycles. The van der Waals surface area contributed by atoms with Crippen molar-refractivity contribution >= 4 is 11.6 Å². The summed E-state index contributed by atoms with van der Waals surface area (Å²) in [6.45, 7) is 5.62. The van der Waals surface area contributed by atoms with Crippen LogP contribution in [-0.2, 0) is 7.05 Å². The van der Waals surface area contributed by atoms with E-state index in [1.165, 1.54) is 5.56 Å². The minimum atomic E-state index is 0.505. The number of piperidine rings is 1. The van der Waals surface area contributed by atoms with E-state index in [9.17, 15) is 0 Å². The number of likely N-dealkylation sites (tertiary alicyclic amines) is 1. The molecule has 1 aliphatic heterocycles. The first-order chi connectivity index (χ1) is 10.6. The van der Waals surface area contributed by atoms with Crippen molar-refractivity contribution in [3.63, 3.8) is 0 Å². The minimum Gasteiger partial charge on any atom is -0.320 e. The van der Waals surface area contributed by atoms with Crippen molar-refractivity contribution in [2.75, 3.05) is 19.6 Å². The second-order valence-electron chi connectivity index (χ2n) is 6.33. The van der Waals surface area contributed by atoms with E-state index in [2.05, 4.69) is 38.7 Å². The summed E-state index contributed by atoms with van der Waals surface area (Å²) < 4.78 is 2.05. The zero-order valence-electron chi connectivity index (χ0n) is 13.2. The molecule has 1 unspecified atom stereocenters. The van der Waals surface area contributed by atoms with E-state index in [1.54, 1.807) is 6.33 Å². The maximum Gasteiger partial charge on any atom is 0.135 e. The number of hydrogen-bond acceptors (Lipinski definition) is 3. The van der Waals surface area contributed by atoms with Gasteiger partial charge in [0.25, 0.3) is 0 Å². The molecule has 1 aliphatic rings. The van der Waals surface area contributed by atoms with Crippen LogP contribution in [0.2, 0.25) is 5.02 Å². The van der Waals surface area contributed by atoms with Crippen LogP contribution in [0.15, 0.2) is 30.6 Å². The molecular formula is C17H23ClN4. The molecule has 0 radical (unpaired) electrons. The Hall–Kier alpha value is -1.39. The lowest BCUT2D eigenvalue weighted by Gasteiger charge is -2.33. The fourth-order valence-electron chi connectivity index (χ4n) is 3.34. The summed E-state index contributed by atoms with van der Waals surface area (Å²) in [7, 11) is 2.03. The van der Waals surface area contributed by atoms with Crippen molar-refractivity contribution in [2.45, 2.75) is 31.6 Å². The lowest BCUT2D eigenvalue weighted by Crippen LogP contribution is -2.36. The lowest BCUT2D eigenvalue weighted by molar-refractivity contribution is 0.199. The van der Waals surface area contributed by atoms with E-state index in [1.807, 2.05) is 19.2 Å². The third-order valence-corrected chi connectivity index (χ3v) is 4.88. The van der Waals surface area contributed by atoms with E-state index >= 15 is 0 Å². The van der Waals surface area contributed by atoms with Gasteiger partial charge in [0.2, 0.25) is 0 Å². The summed E-state index contributed by atoms with van der Waals surface area (Å²) in [6, 6.07) is 8.22. The molecule has 0 saturated carbocycles. The van der Waals surface area contributed by atoms with Crippen LogP contribution >= 0.6 is 11.6 Å². The first kappa shape index (κ1) is 15.5. The highest BCUT2D eigenvalue weighted by Crippen LogP contribution is 2.28. The minimum absolute atomic E-state index is 0.505. The zero-order valence-corrected chi connectivity index (χ0v) is 14.0. The van der Waals surface area contributed by atoms with Gasteiger partial charge in [0.05, 0.1) is 0 Å². The summed E-state index contributed by atoms with van der Waals surface area (Å²) in [4.78, 5) is 2.55. The van der Waals surface area contributed by atoms with Crippen molar-refractivity contribution in [1.82, 2.24) is 19.7 Å². The molecule has 1 aromatic heterocycles. The highest BCUT2D eigenvalue weighted by Gasteiger charge is 2.24. The molecule has 1 atom stereocenters. The van der Waals surface area contributed by atoms with Gasteiger partial charge in [0, 0.05) is 24.5 Å². The molecule has 22 heavy (non-hydrogen) atoms. The zero-order chi connectivity index (χ0) is 15.5. The highest BCUT2D eigenvalue weighted by molar-refractivity contribution is 6.30. The molecular weight excluding hydrogens is 296 g/mol. The number of benzene rings is 1. The van der Waals surface area contributed by atoms with E-state index in [4.69, 9.17) is 11.6 Å². The fourth-order valence-corrected chi connectivity index (χ4v) is 3.54. The molecule has 118 valence electrons. The summed E-state index contributed by atoms with van der Waals surface area (Å²) in [5.74, 6) is 2.18. The van der Waals surface area contributed by atoms with Crippen molar-refractivity contribution < 1.29 is 0 Å². The van der Waals surface area contributed by atoms with Gasteiger partial charge in [-0.3, -0.25) is 0 Å². The summed E-state index contributed by atoms with van der Waals surface area (Å²) in [6.07, 6.45) is 4.12. The van der Waals surface area contributed by atoms with Crippen molar-refractivity contribution in [2.24, 2.45) is 7.05 Å². The molecule has 1 aromatic carbocycles. The average Bonchev–Trinajstić information content (AvgIpc) is 2.94. The van der Waals surface area contributed by atoms with E-state index in [-0.39, 0.29) is 0 Å². The topological polar surface area (TPSA) is 34.0 Å². The SMILES string of the molecule is CC(CN1CCC(c2nncn2C)CC1)c1cccc(Cl)c1. The lowest BCUT2D eigenvalue weighted by atomic mass is 9.94. The van der Waals surface area contributed by atoms with Gasteiger partial charge in [0.1, 0.15) is 12.2 Å². The van der Waals surface area contributed by atoms with Gasteiger partial charge in [-0.25, -0.2) is 0 Å². The average molecular weight is 319 g/mol. The quantitative estimate of drug-likeness (QED) is 0.866. The first-order valence-corrected chi connectivity index (χ1v) is 8.33. The van der Waals surface area contributed by atoms with Crippen molar-refractivity contribution in [3.8, 4) is 0 Å². The normalized spacial score (nSPS) is 18.5. The first-order valence-electron chi connectivity index (χ1n) is 7.95. The van der Waals surface area contributed by atoms with Gasteiger partial charge < -0.3 is 9.47 Å². The van der Waals surface area contributed by atoms with Crippen LogP contribution in [0.4, 0.5) is 0 Å². The van der Waals surface area contributed by atoms with Gasteiger partial charge in [0.15, 0.2) is 0 Å². The predicted molar refractivity (Wildman–Crippen MR) is 89.3 cm³/mol. The van der Waals surface area contributed by atoms with Gasteiger partial charge in [-0.05, 0) is 49.5 Å². The Balaban J connectivity index is 1.55. The number of halogens is 1. The molecule has 1 fully saturated rings. The number of hydrogen-bond donors (Lipinski definition) is 0. The maximum absolute atomic E-state index is 6.09. The molecule has 1 saturated heterocycles. The molecule has 0 spiro atoms. The van der Waals surface area contributed by atoms with Crippen LogP contribution in [0.1, 0.15) is 43.0 Å². The van der Waals surface area contributed by atoms with E-state index in [0.717, 1.165) is 43.3 Å². The smallest absolute Gasteiger partial charge is 0.135 e. The predicted octanol–water partition coefficient (Wildman–Crippen LogP) is 3.45. The Morgan fingerprint density at radius 3 is 2.73 bits per heavy atom. The van der Waals surface area contributed by atoms with Crippen molar-refractivity contribution in [1.29, 1.82) is 0 Å². The van der Waals surface area contributed by atoms with Gasteiger partial charge in [-0.1, -0.05) is 30.7 Å². The second kappa shape index (κ2) is 6.80. The van der Waals surface area contributed by atoms with Gasteiger partial charge >= 0.3 is 0 Å². The van der Waals surface area contributed by atoms with Crippen molar-refractivity contribution in [3.05, 3.63) is 47.0 Å². The Morgan fingerprint density at radius 1 is 1.32 bits per heavy atom. The van der Waals surface area contributed by atoms with Gasteiger partial charge in [-0.2, -0.15) is 0 Å². The molecule has 0 bridgehead atoms. The highest BCUT2D eigenvalue weighted by atomic mass is 35.5. The van der Waals surface area contributed by atoms with Crippen LogP contribution in [-0.4, -0.2) is 39.3 Å². The fraction of sp³-hybridized carbons (Fsp3) is 0.529. The number of rotatable bonds is 4. The number of nitrogens with zero attached hydrogens (tertiary/aromatic N) is 4. The summed E-state index contributed by atoms with van der Waals surface area (Å²) in [5, 5.41) is 9.09. The molecule has 0 amide bonds. The third-order valence-electron chi connectivity index (χ3n) is 4.65. The monoisotopic (exact) mass is 318 g/mol. The number of aromatic nitrogens is 3. The van der Waals surface area contributed by atoms with Crippen LogP contribution in [0.5, 0.6) is 0 Å². The number of aryl methyl sites for hydroxylation is 1. The summed E-state index contributed by atoms with van der Waals surface area (Å²) >= 11 is 6.09. The molecule has 2 aromatic rings. The van der Waals surface area contributed by atoms with E-state index < -0.39 is 0 Å². The Kier molecular flexibility index (Phi) is 4.79. The second-order valence-corrected chi connectivity index (χ2v) is 6.77. The maximum atomic E-state index is 6.09. The largest absolute Gasteiger partial charge is 0.320 e.